The van der Waals surface area contributed by atoms with Crippen LogP contribution < -0.4 is 5.32 Å². The first-order chi connectivity index (χ1) is 6.92. The van der Waals surface area contributed by atoms with E-state index < -0.39 is 5.51 Å². The highest BCUT2D eigenvalue weighted by atomic mass is 32.2. The van der Waals surface area contributed by atoms with Gasteiger partial charge in [0, 0.05) is 18.4 Å². The number of ether oxygens (including phenoxy) is 1. The third-order valence-electron chi connectivity index (χ3n) is 1.51. The number of alkyl halides is 3. The average Bonchev–Trinajstić information content (AvgIpc) is 2.07. The fourth-order valence-electron chi connectivity index (χ4n) is 0.883. The second-order valence-corrected chi connectivity index (χ2v) is 4.53. The summed E-state index contributed by atoms with van der Waals surface area (Å²) in [6.07, 6.45) is 0.828. The molecule has 0 saturated carbocycles. The molecule has 0 saturated heterocycles. The van der Waals surface area contributed by atoms with Gasteiger partial charge in [-0.2, -0.15) is 13.2 Å². The Balaban J connectivity index is 3.06. The maximum Gasteiger partial charge on any atom is 0.441 e. The number of hydrogen-bond donors (Lipinski definition) is 1. The van der Waals surface area contributed by atoms with Crippen molar-refractivity contribution in [2.75, 3.05) is 25.5 Å². The highest BCUT2D eigenvalue weighted by Crippen LogP contribution is 2.29. The number of halogens is 3. The maximum absolute atomic E-state index is 11.7. The van der Waals surface area contributed by atoms with Crippen molar-refractivity contribution in [1.29, 1.82) is 0 Å². The third-order valence-corrected chi connectivity index (χ3v) is 2.21. The van der Waals surface area contributed by atoms with E-state index in [1.165, 1.54) is 0 Å². The summed E-state index contributed by atoms with van der Waals surface area (Å²) in [7, 11) is 0. The van der Waals surface area contributed by atoms with E-state index in [2.05, 4.69) is 5.32 Å². The zero-order chi connectivity index (χ0) is 11.7. The summed E-state index contributed by atoms with van der Waals surface area (Å²) in [6, 6.07) is 0.436. The minimum absolute atomic E-state index is 0.0267. The fraction of sp³-hybridized carbons (Fsp3) is 1.00. The molecule has 0 fully saturated rings. The van der Waals surface area contributed by atoms with Crippen molar-refractivity contribution >= 4 is 11.8 Å². The maximum atomic E-state index is 11.7. The van der Waals surface area contributed by atoms with Crippen LogP contribution in [0.15, 0.2) is 0 Å². The lowest BCUT2D eigenvalue weighted by molar-refractivity contribution is -0.0331. The van der Waals surface area contributed by atoms with Crippen LogP contribution in [0.2, 0.25) is 0 Å². The SMILES string of the molecule is CC(C)NCCCOCCSC(F)(F)F. The smallest absolute Gasteiger partial charge is 0.381 e. The summed E-state index contributed by atoms with van der Waals surface area (Å²) in [6.45, 7) is 5.59. The van der Waals surface area contributed by atoms with E-state index in [0.29, 0.717) is 12.6 Å². The van der Waals surface area contributed by atoms with Crippen LogP contribution in [-0.4, -0.2) is 37.1 Å². The zero-order valence-corrected chi connectivity index (χ0v) is 9.88. The fourth-order valence-corrected chi connectivity index (χ4v) is 1.32. The summed E-state index contributed by atoms with van der Waals surface area (Å²) in [4.78, 5) is 0. The van der Waals surface area contributed by atoms with Gasteiger partial charge in [0.1, 0.15) is 0 Å². The van der Waals surface area contributed by atoms with Gasteiger partial charge in [-0.25, -0.2) is 0 Å². The monoisotopic (exact) mass is 245 g/mol. The van der Waals surface area contributed by atoms with Crippen LogP contribution in [-0.2, 0) is 4.74 Å². The van der Waals surface area contributed by atoms with Gasteiger partial charge in [-0.15, -0.1) is 0 Å². The van der Waals surface area contributed by atoms with Crippen LogP contribution in [0, 0.1) is 0 Å². The standard InChI is InChI=1S/C9H18F3NOS/c1-8(2)13-4-3-5-14-6-7-15-9(10,11)12/h8,13H,3-7H2,1-2H3. The van der Waals surface area contributed by atoms with Gasteiger partial charge in [-0.05, 0) is 24.7 Å². The van der Waals surface area contributed by atoms with Crippen LogP contribution >= 0.6 is 11.8 Å². The molecule has 0 aliphatic carbocycles. The Morgan fingerprint density at radius 1 is 1.27 bits per heavy atom. The van der Waals surface area contributed by atoms with Crippen molar-refractivity contribution in [3.05, 3.63) is 0 Å². The van der Waals surface area contributed by atoms with Crippen LogP contribution in [0.25, 0.3) is 0 Å². The quantitative estimate of drug-likeness (QED) is 0.664. The highest BCUT2D eigenvalue weighted by Gasteiger charge is 2.27. The molecule has 0 bridgehead atoms. The van der Waals surface area contributed by atoms with E-state index in [0.717, 1.165) is 13.0 Å². The molecule has 0 radical (unpaired) electrons. The Morgan fingerprint density at radius 3 is 2.47 bits per heavy atom. The molecular weight excluding hydrogens is 227 g/mol. The van der Waals surface area contributed by atoms with Gasteiger partial charge in [-0.3, -0.25) is 0 Å². The van der Waals surface area contributed by atoms with E-state index in [1.54, 1.807) is 0 Å². The summed E-state index contributed by atoms with van der Waals surface area (Å²) < 4.78 is 40.1. The summed E-state index contributed by atoms with van der Waals surface area (Å²) in [5, 5.41) is 3.20. The van der Waals surface area contributed by atoms with E-state index in [4.69, 9.17) is 4.74 Å². The number of nitrogens with one attached hydrogen (secondary N) is 1. The number of thioether (sulfide) groups is 1. The molecule has 0 aliphatic heterocycles. The second kappa shape index (κ2) is 8.24. The molecule has 0 heterocycles. The van der Waals surface area contributed by atoms with Crippen molar-refractivity contribution in [3.63, 3.8) is 0 Å². The largest absolute Gasteiger partial charge is 0.441 e. The molecule has 0 aliphatic rings. The highest BCUT2D eigenvalue weighted by molar-refractivity contribution is 8.00. The van der Waals surface area contributed by atoms with Gasteiger partial charge in [0.25, 0.3) is 0 Å². The first-order valence-electron chi connectivity index (χ1n) is 4.93. The van der Waals surface area contributed by atoms with Crippen molar-refractivity contribution in [3.8, 4) is 0 Å². The third kappa shape index (κ3) is 14.1. The Hall–Kier alpha value is 0.0600. The lowest BCUT2D eigenvalue weighted by atomic mass is 10.3. The minimum Gasteiger partial charge on any atom is -0.381 e. The molecule has 0 rings (SSSR count). The van der Waals surface area contributed by atoms with Crippen molar-refractivity contribution < 1.29 is 17.9 Å². The lowest BCUT2D eigenvalue weighted by Gasteiger charge is -2.08. The van der Waals surface area contributed by atoms with E-state index in [-0.39, 0.29) is 24.1 Å². The molecule has 0 atom stereocenters. The normalized spacial score (nSPS) is 12.4. The van der Waals surface area contributed by atoms with Gasteiger partial charge in [0.2, 0.25) is 0 Å². The van der Waals surface area contributed by atoms with E-state index >= 15 is 0 Å². The summed E-state index contributed by atoms with van der Waals surface area (Å²) in [5.74, 6) is -0.0267. The van der Waals surface area contributed by atoms with Crippen molar-refractivity contribution in [2.45, 2.75) is 31.8 Å². The van der Waals surface area contributed by atoms with Crippen LogP contribution in [0.4, 0.5) is 13.2 Å². The predicted molar refractivity (Wildman–Crippen MR) is 57.1 cm³/mol. The van der Waals surface area contributed by atoms with Gasteiger partial charge < -0.3 is 10.1 Å². The molecule has 0 unspecified atom stereocenters. The van der Waals surface area contributed by atoms with Gasteiger partial charge >= 0.3 is 5.51 Å². The van der Waals surface area contributed by atoms with E-state index in [1.807, 2.05) is 13.8 Å². The molecule has 0 aromatic carbocycles. The second-order valence-electron chi connectivity index (χ2n) is 3.37. The average molecular weight is 245 g/mol. The Bertz CT molecular complexity index is 153. The first-order valence-corrected chi connectivity index (χ1v) is 5.92. The van der Waals surface area contributed by atoms with Crippen molar-refractivity contribution in [2.24, 2.45) is 0 Å². The molecule has 2 nitrogen and oxygen atoms in total. The molecule has 0 aromatic rings. The molecule has 0 aromatic heterocycles. The predicted octanol–water partition coefficient (Wildman–Crippen LogP) is 2.64. The van der Waals surface area contributed by atoms with Crippen LogP contribution in [0.1, 0.15) is 20.3 Å². The molecule has 6 heteroatoms. The molecule has 0 spiro atoms. The summed E-state index contributed by atoms with van der Waals surface area (Å²) in [5.41, 5.74) is -4.14. The molecular formula is C9H18F3NOS. The minimum atomic E-state index is -4.14. The molecule has 1 N–H and O–H groups in total. The number of hydrogen-bond acceptors (Lipinski definition) is 3. The zero-order valence-electron chi connectivity index (χ0n) is 9.06. The van der Waals surface area contributed by atoms with Gasteiger partial charge in [0.05, 0.1) is 6.61 Å². The first kappa shape index (κ1) is 15.1. The topological polar surface area (TPSA) is 21.3 Å². The Kier molecular flexibility index (Phi) is 8.27. The lowest BCUT2D eigenvalue weighted by Crippen LogP contribution is -2.24. The Labute approximate surface area is 92.9 Å². The Morgan fingerprint density at radius 2 is 1.93 bits per heavy atom. The molecule has 92 valence electrons. The van der Waals surface area contributed by atoms with Crippen LogP contribution in [0.3, 0.4) is 0 Å². The van der Waals surface area contributed by atoms with Crippen molar-refractivity contribution in [1.82, 2.24) is 5.32 Å². The van der Waals surface area contributed by atoms with Gasteiger partial charge in [-0.1, -0.05) is 13.8 Å². The molecule has 0 amide bonds. The van der Waals surface area contributed by atoms with Crippen LogP contribution in [0.5, 0.6) is 0 Å². The molecule has 15 heavy (non-hydrogen) atoms. The summed E-state index contributed by atoms with van der Waals surface area (Å²) >= 11 is -0.0384. The number of rotatable bonds is 8. The van der Waals surface area contributed by atoms with E-state index in [9.17, 15) is 13.2 Å². The van der Waals surface area contributed by atoms with Gasteiger partial charge in [0.15, 0.2) is 0 Å².